The van der Waals surface area contributed by atoms with E-state index in [9.17, 15) is 8.42 Å². The largest absolute Gasteiger partial charge is 0.488 e. The Morgan fingerprint density at radius 2 is 1.86 bits per heavy atom. The number of aryl methyl sites for hydroxylation is 1. The Morgan fingerprint density at radius 3 is 2.59 bits per heavy atom. The summed E-state index contributed by atoms with van der Waals surface area (Å²) < 4.78 is 31.0. The summed E-state index contributed by atoms with van der Waals surface area (Å²) in [5.74, 6) is 0.689. The van der Waals surface area contributed by atoms with Crippen molar-refractivity contribution in [1.82, 2.24) is 0 Å². The zero-order valence-corrected chi connectivity index (χ0v) is 13.1. The molecule has 2 aromatic rings. The molecule has 114 valence electrons. The Morgan fingerprint density at radius 1 is 1.09 bits per heavy atom. The first-order valence-corrected chi connectivity index (χ1v) is 8.48. The van der Waals surface area contributed by atoms with Crippen LogP contribution in [0, 0.1) is 6.92 Å². The number of sulfone groups is 1. The lowest BCUT2D eigenvalue weighted by Crippen LogP contribution is -2.12. The molecule has 5 heteroatoms. The second-order valence-corrected chi connectivity index (χ2v) is 7.15. The maximum Gasteiger partial charge on any atom is 0.207 e. The third-order valence-corrected chi connectivity index (χ3v) is 5.70. The van der Waals surface area contributed by atoms with E-state index in [0.717, 1.165) is 5.56 Å². The van der Waals surface area contributed by atoms with Gasteiger partial charge in [-0.15, -0.1) is 0 Å². The summed E-state index contributed by atoms with van der Waals surface area (Å²) >= 11 is 0. The maximum absolute atomic E-state index is 12.7. The van der Waals surface area contributed by atoms with E-state index in [1.165, 1.54) is 0 Å². The van der Waals surface area contributed by atoms with Crippen LogP contribution >= 0.6 is 0 Å². The predicted octanol–water partition coefficient (Wildman–Crippen LogP) is 2.66. The average Bonchev–Trinajstić information content (AvgIpc) is 2.77. The van der Waals surface area contributed by atoms with Crippen LogP contribution in [-0.2, 0) is 16.4 Å². The molecule has 1 heterocycles. The van der Waals surface area contributed by atoms with Gasteiger partial charge in [0.2, 0.25) is 9.84 Å². The molecule has 2 aromatic carbocycles. The summed E-state index contributed by atoms with van der Waals surface area (Å²) in [5, 5.41) is 0. The summed E-state index contributed by atoms with van der Waals surface area (Å²) in [6, 6.07) is 12.9. The molecule has 22 heavy (non-hydrogen) atoms. The first-order valence-electron chi connectivity index (χ1n) is 7.00. The Labute approximate surface area is 130 Å². The fourth-order valence-electron chi connectivity index (χ4n) is 2.58. The van der Waals surface area contributed by atoms with Gasteiger partial charge in [-0.05, 0) is 35.8 Å². The van der Waals surface area contributed by atoms with Gasteiger partial charge < -0.3 is 10.5 Å². The minimum atomic E-state index is -3.52. The monoisotopic (exact) mass is 315 g/mol. The van der Waals surface area contributed by atoms with Crippen LogP contribution in [0.1, 0.15) is 16.7 Å². The van der Waals surface area contributed by atoms with Crippen LogP contribution < -0.4 is 10.5 Å². The highest BCUT2D eigenvalue weighted by Crippen LogP contribution is 2.35. The van der Waals surface area contributed by atoms with E-state index < -0.39 is 9.84 Å². The van der Waals surface area contributed by atoms with E-state index in [1.807, 2.05) is 37.3 Å². The molecule has 0 fully saturated rings. The summed E-state index contributed by atoms with van der Waals surface area (Å²) in [6.07, 6.45) is 1.67. The summed E-state index contributed by atoms with van der Waals surface area (Å²) in [4.78, 5) is 0.590. The number of fused-ring (bicyclic) bond motifs is 1. The van der Waals surface area contributed by atoms with Crippen LogP contribution in [0.5, 0.6) is 5.75 Å². The number of nitrogens with two attached hydrogens (primary N) is 1. The minimum Gasteiger partial charge on any atom is -0.488 e. The second-order valence-electron chi connectivity index (χ2n) is 5.21. The topological polar surface area (TPSA) is 69.4 Å². The third kappa shape index (κ3) is 2.42. The number of ether oxygens (including phenoxy) is 1. The van der Waals surface area contributed by atoms with Gasteiger partial charge in [-0.25, -0.2) is 8.42 Å². The Hall–Kier alpha value is -2.11. The molecule has 1 aliphatic heterocycles. The van der Waals surface area contributed by atoms with Gasteiger partial charge in [0.25, 0.3) is 0 Å². The van der Waals surface area contributed by atoms with Crippen molar-refractivity contribution in [2.45, 2.75) is 18.4 Å². The zero-order valence-electron chi connectivity index (χ0n) is 12.2. The fraction of sp³-hybridized carbons (Fsp3) is 0.176. The van der Waals surface area contributed by atoms with Crippen molar-refractivity contribution < 1.29 is 13.2 Å². The molecule has 0 aliphatic carbocycles. The summed E-state index contributed by atoms with van der Waals surface area (Å²) in [7, 11) is -3.52. The molecular weight excluding hydrogens is 298 g/mol. The van der Waals surface area contributed by atoms with E-state index in [2.05, 4.69) is 0 Å². The molecule has 0 radical (unpaired) electrons. The summed E-state index contributed by atoms with van der Waals surface area (Å²) in [6.45, 7) is 2.14. The predicted molar refractivity (Wildman–Crippen MR) is 86.2 cm³/mol. The lowest BCUT2D eigenvalue weighted by Gasteiger charge is -2.10. The molecule has 0 saturated heterocycles. The number of benzene rings is 2. The van der Waals surface area contributed by atoms with Gasteiger partial charge in [-0.3, -0.25) is 0 Å². The first kappa shape index (κ1) is 14.8. The van der Waals surface area contributed by atoms with Gasteiger partial charge in [0, 0.05) is 6.54 Å². The molecule has 3 rings (SSSR count). The first-order chi connectivity index (χ1) is 10.5. The molecule has 0 aromatic heterocycles. The molecular formula is C17H17NO3S. The average molecular weight is 315 g/mol. The van der Waals surface area contributed by atoms with Crippen LogP contribution in [-0.4, -0.2) is 15.0 Å². The Bertz CT molecular complexity index is 854. The number of hydrogen-bond acceptors (Lipinski definition) is 4. The van der Waals surface area contributed by atoms with Crippen molar-refractivity contribution in [2.24, 2.45) is 5.73 Å². The molecule has 4 nitrogen and oxygen atoms in total. The standard InChI is InChI=1S/C17H17NO3S/c1-12-5-2-3-8-16(12)21-11-15-9-13-6-4-7-14(10-18)17(13)22(15,19)20/h2-9H,10-11,18H2,1H3. The lowest BCUT2D eigenvalue weighted by atomic mass is 10.1. The van der Waals surface area contributed by atoms with Crippen molar-refractivity contribution in [3.05, 3.63) is 64.1 Å². The smallest absolute Gasteiger partial charge is 0.207 e. The molecule has 0 amide bonds. The van der Waals surface area contributed by atoms with E-state index in [1.54, 1.807) is 18.2 Å². The van der Waals surface area contributed by atoms with Crippen molar-refractivity contribution in [3.8, 4) is 5.75 Å². The van der Waals surface area contributed by atoms with Gasteiger partial charge in [0.05, 0.1) is 9.80 Å². The molecule has 0 bridgehead atoms. The van der Waals surface area contributed by atoms with Gasteiger partial charge in [0.1, 0.15) is 12.4 Å². The van der Waals surface area contributed by atoms with Crippen LogP contribution in [0.4, 0.5) is 0 Å². The number of hydrogen-bond donors (Lipinski definition) is 1. The highest BCUT2D eigenvalue weighted by Gasteiger charge is 2.32. The SMILES string of the molecule is Cc1ccccc1OCC1=Cc2cccc(CN)c2S1(=O)=O. The fourth-order valence-corrected chi connectivity index (χ4v) is 4.27. The van der Waals surface area contributed by atoms with Crippen molar-refractivity contribution in [1.29, 1.82) is 0 Å². The van der Waals surface area contributed by atoms with Crippen molar-refractivity contribution in [2.75, 3.05) is 6.61 Å². The molecule has 0 spiro atoms. The molecule has 0 unspecified atom stereocenters. The lowest BCUT2D eigenvalue weighted by molar-refractivity contribution is 0.356. The van der Waals surface area contributed by atoms with Crippen molar-refractivity contribution >= 4 is 15.9 Å². The highest BCUT2D eigenvalue weighted by molar-refractivity contribution is 7.96. The van der Waals surface area contributed by atoms with E-state index >= 15 is 0 Å². The maximum atomic E-state index is 12.7. The normalized spacial score (nSPS) is 15.3. The molecule has 0 saturated carbocycles. The zero-order chi connectivity index (χ0) is 15.7. The molecule has 1 aliphatic rings. The van der Waals surface area contributed by atoms with Crippen LogP contribution in [0.15, 0.2) is 52.3 Å². The van der Waals surface area contributed by atoms with Gasteiger partial charge >= 0.3 is 0 Å². The number of para-hydroxylation sites is 1. The van der Waals surface area contributed by atoms with Crippen LogP contribution in [0.3, 0.4) is 0 Å². The van der Waals surface area contributed by atoms with Gasteiger partial charge in [0.15, 0.2) is 0 Å². The van der Waals surface area contributed by atoms with Crippen LogP contribution in [0.2, 0.25) is 0 Å². The van der Waals surface area contributed by atoms with E-state index in [4.69, 9.17) is 10.5 Å². The second kappa shape index (κ2) is 5.59. The quantitative estimate of drug-likeness (QED) is 0.941. The summed E-state index contributed by atoms with van der Waals surface area (Å²) in [5.41, 5.74) is 7.95. The van der Waals surface area contributed by atoms with Gasteiger partial charge in [-0.2, -0.15) is 0 Å². The Balaban J connectivity index is 1.90. The van der Waals surface area contributed by atoms with Crippen LogP contribution in [0.25, 0.3) is 6.08 Å². The minimum absolute atomic E-state index is 0.0197. The number of rotatable bonds is 4. The Kier molecular flexibility index (Phi) is 3.76. The van der Waals surface area contributed by atoms with E-state index in [0.29, 0.717) is 21.8 Å². The van der Waals surface area contributed by atoms with E-state index in [-0.39, 0.29) is 18.1 Å². The molecule has 0 atom stereocenters. The molecule has 2 N–H and O–H groups in total. The third-order valence-electron chi connectivity index (χ3n) is 3.74. The highest BCUT2D eigenvalue weighted by atomic mass is 32.2. The van der Waals surface area contributed by atoms with Crippen molar-refractivity contribution in [3.63, 3.8) is 0 Å². The van der Waals surface area contributed by atoms with Gasteiger partial charge in [-0.1, -0.05) is 36.4 Å².